The molecular formula is C23H27NO. The van der Waals surface area contributed by atoms with Gasteiger partial charge in [0.25, 0.3) is 0 Å². The lowest BCUT2D eigenvalue weighted by Crippen LogP contribution is -2.54. The van der Waals surface area contributed by atoms with Crippen LogP contribution < -0.4 is 4.74 Å². The van der Waals surface area contributed by atoms with Gasteiger partial charge in [-0.2, -0.15) is 0 Å². The van der Waals surface area contributed by atoms with Crippen molar-refractivity contribution in [1.29, 1.82) is 0 Å². The van der Waals surface area contributed by atoms with Gasteiger partial charge in [0.05, 0.1) is 0 Å². The van der Waals surface area contributed by atoms with Gasteiger partial charge in [-0.1, -0.05) is 42.3 Å². The highest BCUT2D eigenvalue weighted by Gasteiger charge is 2.46. The Hall–Kier alpha value is -1.80. The average Bonchev–Trinajstić information content (AvgIpc) is 2.98. The number of ether oxygens (including phenoxy) is 1. The molecule has 2 aromatic rings. The number of rotatable bonds is 1. The van der Waals surface area contributed by atoms with Gasteiger partial charge in [0.15, 0.2) is 0 Å². The molecule has 3 aliphatic heterocycles. The molecule has 0 saturated carbocycles. The Balaban J connectivity index is 1.39. The van der Waals surface area contributed by atoms with Crippen LogP contribution in [0.5, 0.6) is 5.75 Å². The SMILES string of the molecule is Cc1ccc(-c2ccc3c(c2)C[C@]2(CCN4CCCC[C@@H]4C2)O3)cc1. The lowest BCUT2D eigenvalue weighted by molar-refractivity contribution is -0.0249. The van der Waals surface area contributed by atoms with E-state index in [9.17, 15) is 0 Å². The number of benzene rings is 2. The Morgan fingerprint density at radius 2 is 1.84 bits per heavy atom. The van der Waals surface area contributed by atoms with Crippen molar-refractivity contribution in [3.63, 3.8) is 0 Å². The summed E-state index contributed by atoms with van der Waals surface area (Å²) in [4.78, 5) is 2.71. The Morgan fingerprint density at radius 1 is 1.00 bits per heavy atom. The van der Waals surface area contributed by atoms with E-state index < -0.39 is 0 Å². The third-order valence-electron chi connectivity index (χ3n) is 6.50. The van der Waals surface area contributed by atoms with Crippen LogP contribution in [0.2, 0.25) is 0 Å². The van der Waals surface area contributed by atoms with E-state index in [0.717, 1.165) is 18.2 Å². The summed E-state index contributed by atoms with van der Waals surface area (Å²) in [5.41, 5.74) is 5.40. The number of piperidine rings is 2. The first kappa shape index (κ1) is 15.5. The van der Waals surface area contributed by atoms with Crippen molar-refractivity contribution in [3.8, 4) is 16.9 Å². The maximum Gasteiger partial charge on any atom is 0.123 e. The summed E-state index contributed by atoms with van der Waals surface area (Å²) in [6.07, 6.45) is 7.61. The summed E-state index contributed by atoms with van der Waals surface area (Å²) in [7, 11) is 0. The van der Waals surface area contributed by atoms with E-state index in [4.69, 9.17) is 4.74 Å². The summed E-state index contributed by atoms with van der Waals surface area (Å²) in [5, 5.41) is 0. The van der Waals surface area contributed by atoms with Crippen LogP contribution in [-0.2, 0) is 6.42 Å². The fourth-order valence-corrected chi connectivity index (χ4v) is 5.08. The fraction of sp³-hybridized carbons (Fsp3) is 0.478. The lowest BCUT2D eigenvalue weighted by Gasteiger charge is -2.46. The predicted octanol–water partition coefficient (Wildman–Crippen LogP) is 4.98. The molecule has 0 aliphatic carbocycles. The van der Waals surface area contributed by atoms with Gasteiger partial charge in [0.2, 0.25) is 0 Å². The van der Waals surface area contributed by atoms with Crippen LogP contribution >= 0.6 is 0 Å². The highest BCUT2D eigenvalue weighted by Crippen LogP contribution is 2.45. The minimum absolute atomic E-state index is 0.0622. The van der Waals surface area contributed by atoms with Crippen LogP contribution in [0.3, 0.4) is 0 Å². The zero-order valence-electron chi connectivity index (χ0n) is 15.1. The summed E-state index contributed by atoms with van der Waals surface area (Å²) in [6, 6.07) is 16.4. The number of fused-ring (bicyclic) bond motifs is 2. The first-order valence-electron chi connectivity index (χ1n) is 9.84. The normalized spacial score (nSPS) is 28.4. The van der Waals surface area contributed by atoms with Crippen molar-refractivity contribution >= 4 is 0 Å². The van der Waals surface area contributed by atoms with Gasteiger partial charge in [-0.05, 0) is 55.1 Å². The first-order chi connectivity index (χ1) is 12.2. The van der Waals surface area contributed by atoms with E-state index in [1.807, 2.05) is 0 Å². The Bertz CT molecular complexity index is 781. The van der Waals surface area contributed by atoms with Crippen LogP contribution in [-0.4, -0.2) is 29.6 Å². The fourth-order valence-electron chi connectivity index (χ4n) is 5.08. The molecule has 0 N–H and O–H groups in total. The molecule has 2 fully saturated rings. The summed E-state index contributed by atoms with van der Waals surface area (Å²) >= 11 is 0. The maximum absolute atomic E-state index is 6.57. The summed E-state index contributed by atoms with van der Waals surface area (Å²) < 4.78 is 6.57. The zero-order valence-corrected chi connectivity index (χ0v) is 15.1. The molecule has 2 nitrogen and oxygen atoms in total. The Morgan fingerprint density at radius 3 is 2.72 bits per heavy atom. The van der Waals surface area contributed by atoms with E-state index in [2.05, 4.69) is 54.3 Å². The second-order valence-corrected chi connectivity index (χ2v) is 8.29. The van der Waals surface area contributed by atoms with Crippen molar-refractivity contribution in [2.45, 2.75) is 57.1 Å². The lowest BCUT2D eigenvalue weighted by atomic mass is 9.80. The summed E-state index contributed by atoms with van der Waals surface area (Å²) in [5.74, 6) is 1.13. The molecular weight excluding hydrogens is 306 g/mol. The van der Waals surface area contributed by atoms with Crippen molar-refractivity contribution in [1.82, 2.24) is 4.90 Å². The molecule has 0 amide bonds. The molecule has 0 unspecified atom stereocenters. The van der Waals surface area contributed by atoms with E-state index >= 15 is 0 Å². The Kier molecular flexibility index (Phi) is 3.63. The second kappa shape index (κ2) is 5.88. The molecule has 3 heterocycles. The van der Waals surface area contributed by atoms with Crippen molar-refractivity contribution in [3.05, 3.63) is 53.6 Å². The second-order valence-electron chi connectivity index (χ2n) is 8.29. The molecule has 2 heteroatoms. The van der Waals surface area contributed by atoms with Crippen LogP contribution in [0.4, 0.5) is 0 Å². The van der Waals surface area contributed by atoms with Gasteiger partial charge in [0.1, 0.15) is 11.4 Å². The van der Waals surface area contributed by atoms with E-state index in [1.54, 1.807) is 0 Å². The topological polar surface area (TPSA) is 12.5 Å². The first-order valence-corrected chi connectivity index (χ1v) is 9.84. The number of aryl methyl sites for hydroxylation is 1. The Labute approximate surface area is 150 Å². The third-order valence-corrected chi connectivity index (χ3v) is 6.50. The standard InChI is InChI=1S/C23H27NO/c1-17-5-7-18(8-6-17)19-9-10-22-20(14-19)15-23(25-22)11-13-24-12-3-2-4-21(24)16-23/h5-10,14,21H,2-4,11-13,15-16H2,1H3/t21-,23+/m1/s1. The monoisotopic (exact) mass is 333 g/mol. The zero-order chi connectivity index (χ0) is 16.9. The number of nitrogens with zero attached hydrogens (tertiary/aromatic N) is 1. The third kappa shape index (κ3) is 2.77. The van der Waals surface area contributed by atoms with Gasteiger partial charge in [-0.15, -0.1) is 0 Å². The van der Waals surface area contributed by atoms with Gasteiger partial charge in [-0.25, -0.2) is 0 Å². The number of hydrogen-bond acceptors (Lipinski definition) is 2. The average molecular weight is 333 g/mol. The summed E-state index contributed by atoms with van der Waals surface area (Å²) in [6.45, 7) is 4.65. The van der Waals surface area contributed by atoms with Gasteiger partial charge < -0.3 is 9.64 Å². The highest BCUT2D eigenvalue weighted by atomic mass is 16.5. The van der Waals surface area contributed by atoms with Crippen molar-refractivity contribution in [2.75, 3.05) is 13.1 Å². The molecule has 0 radical (unpaired) electrons. The van der Waals surface area contributed by atoms with Gasteiger partial charge >= 0.3 is 0 Å². The van der Waals surface area contributed by atoms with Crippen molar-refractivity contribution in [2.24, 2.45) is 0 Å². The number of hydrogen-bond donors (Lipinski definition) is 0. The van der Waals surface area contributed by atoms with Crippen LogP contribution in [0.15, 0.2) is 42.5 Å². The molecule has 2 atom stereocenters. The molecule has 0 bridgehead atoms. The van der Waals surface area contributed by atoms with E-state index in [1.165, 1.54) is 67.4 Å². The smallest absolute Gasteiger partial charge is 0.123 e. The van der Waals surface area contributed by atoms with E-state index in [0.29, 0.717) is 0 Å². The predicted molar refractivity (Wildman–Crippen MR) is 102 cm³/mol. The molecule has 2 aromatic carbocycles. The van der Waals surface area contributed by atoms with Crippen LogP contribution in [0.1, 0.15) is 43.2 Å². The van der Waals surface area contributed by atoms with Gasteiger partial charge in [-0.3, -0.25) is 0 Å². The largest absolute Gasteiger partial charge is 0.487 e. The minimum Gasteiger partial charge on any atom is -0.487 e. The molecule has 1 spiro atoms. The van der Waals surface area contributed by atoms with E-state index in [-0.39, 0.29) is 5.60 Å². The quantitative estimate of drug-likeness (QED) is 0.729. The molecule has 2 saturated heterocycles. The molecule has 130 valence electrons. The van der Waals surface area contributed by atoms with Crippen LogP contribution in [0, 0.1) is 6.92 Å². The van der Waals surface area contributed by atoms with Crippen LogP contribution in [0.25, 0.3) is 11.1 Å². The molecule has 5 rings (SSSR count). The molecule has 25 heavy (non-hydrogen) atoms. The highest BCUT2D eigenvalue weighted by molar-refractivity contribution is 5.66. The van der Waals surface area contributed by atoms with Crippen molar-refractivity contribution < 1.29 is 4.74 Å². The minimum atomic E-state index is 0.0622. The maximum atomic E-state index is 6.57. The molecule has 3 aliphatic rings. The van der Waals surface area contributed by atoms with Gasteiger partial charge in [0, 0.05) is 31.8 Å². The molecule has 0 aromatic heterocycles.